The van der Waals surface area contributed by atoms with Crippen molar-refractivity contribution < 1.29 is 0 Å². The number of rotatable bonds is 2. The van der Waals surface area contributed by atoms with Crippen LogP contribution in [0.15, 0.2) is 60.7 Å². The molecule has 3 rings (SSSR count). The van der Waals surface area contributed by atoms with Gasteiger partial charge in [0.1, 0.15) is 0 Å². The van der Waals surface area contributed by atoms with Crippen LogP contribution < -0.4 is 0 Å². The Balaban J connectivity index is 0.00000147. The first-order valence-electron chi connectivity index (χ1n) is 6.91. The molecule has 104 valence electrons. The van der Waals surface area contributed by atoms with E-state index in [0.29, 0.717) is 0 Å². The summed E-state index contributed by atoms with van der Waals surface area (Å²) in [5, 5.41) is 0. The van der Waals surface area contributed by atoms with Gasteiger partial charge in [-0.1, -0.05) is 60.7 Å². The van der Waals surface area contributed by atoms with Crippen molar-refractivity contribution in [1.82, 2.24) is 4.90 Å². The maximum atomic E-state index is 2.39. The molecule has 0 bridgehead atoms. The summed E-state index contributed by atoms with van der Waals surface area (Å²) in [5.41, 5.74) is 5.54. The van der Waals surface area contributed by atoms with E-state index < -0.39 is 0 Å². The Bertz CT molecular complexity index is 575. The number of benzene rings is 2. The molecule has 2 aromatic rings. The van der Waals surface area contributed by atoms with Crippen LogP contribution in [0.2, 0.25) is 0 Å². The highest BCUT2D eigenvalue weighted by Gasteiger charge is 2.19. The van der Waals surface area contributed by atoms with E-state index >= 15 is 0 Å². The first kappa shape index (κ1) is 14.7. The average molecular weight is 286 g/mol. The Hall–Kier alpha value is -1.73. The van der Waals surface area contributed by atoms with E-state index in [1.807, 2.05) is 0 Å². The summed E-state index contributed by atoms with van der Waals surface area (Å²) in [5.74, 6) is 0. The van der Waals surface area contributed by atoms with Crippen molar-refractivity contribution in [3.05, 3.63) is 71.8 Å². The third-order valence-corrected chi connectivity index (χ3v) is 3.76. The summed E-state index contributed by atoms with van der Waals surface area (Å²) in [6.45, 7) is 1.14. The Morgan fingerprint density at radius 2 is 1.35 bits per heavy atom. The largest absolute Gasteiger partial charge is 0.374 e. The molecule has 0 N–H and O–H groups in total. The smallest absolute Gasteiger partial charge is 0.0475 e. The molecule has 20 heavy (non-hydrogen) atoms. The van der Waals surface area contributed by atoms with Gasteiger partial charge in [0.15, 0.2) is 0 Å². The maximum absolute atomic E-state index is 2.39. The molecule has 0 unspecified atom stereocenters. The fourth-order valence-electron chi connectivity index (χ4n) is 2.86. The number of hydrogen-bond donors (Lipinski definition) is 0. The molecule has 1 aliphatic rings. The van der Waals surface area contributed by atoms with Gasteiger partial charge in [0, 0.05) is 19.3 Å². The lowest BCUT2D eigenvalue weighted by Gasteiger charge is -2.31. The van der Waals surface area contributed by atoms with Gasteiger partial charge in [-0.15, -0.1) is 12.4 Å². The molecule has 0 spiro atoms. The molecule has 2 aromatic carbocycles. The summed E-state index contributed by atoms with van der Waals surface area (Å²) >= 11 is 0. The summed E-state index contributed by atoms with van der Waals surface area (Å²) in [4.78, 5) is 2.39. The molecule has 0 saturated carbocycles. The lowest BCUT2D eigenvalue weighted by molar-refractivity contribution is 0.454. The van der Waals surface area contributed by atoms with Crippen LogP contribution in [0, 0.1) is 0 Å². The fraction of sp³-hybridized carbons (Fsp3) is 0.222. The molecule has 0 saturated heterocycles. The van der Waals surface area contributed by atoms with Crippen LogP contribution in [0.5, 0.6) is 0 Å². The van der Waals surface area contributed by atoms with E-state index in [0.717, 1.165) is 6.54 Å². The van der Waals surface area contributed by atoms with E-state index in [4.69, 9.17) is 0 Å². The van der Waals surface area contributed by atoms with Crippen LogP contribution in [0.1, 0.15) is 24.0 Å². The normalized spacial score (nSPS) is 14.9. The van der Waals surface area contributed by atoms with Gasteiger partial charge in [-0.05, 0) is 29.5 Å². The number of nitrogens with zero attached hydrogens (tertiary/aromatic N) is 1. The molecule has 1 heterocycles. The van der Waals surface area contributed by atoms with Gasteiger partial charge in [0.2, 0.25) is 0 Å². The van der Waals surface area contributed by atoms with Crippen LogP contribution in [0.4, 0.5) is 0 Å². The molecule has 0 aliphatic carbocycles. The quantitative estimate of drug-likeness (QED) is 0.773. The molecule has 0 fully saturated rings. The van der Waals surface area contributed by atoms with E-state index in [1.165, 1.54) is 35.2 Å². The number of hydrogen-bond acceptors (Lipinski definition) is 1. The number of allylic oxidation sites excluding steroid dienone is 1. The highest BCUT2D eigenvalue weighted by Crippen LogP contribution is 2.35. The fourth-order valence-corrected chi connectivity index (χ4v) is 2.86. The summed E-state index contributed by atoms with van der Waals surface area (Å²) < 4.78 is 0. The van der Waals surface area contributed by atoms with E-state index in [-0.39, 0.29) is 12.4 Å². The molecule has 0 radical (unpaired) electrons. The van der Waals surface area contributed by atoms with Gasteiger partial charge < -0.3 is 4.90 Å². The van der Waals surface area contributed by atoms with E-state index in [2.05, 4.69) is 72.6 Å². The highest BCUT2D eigenvalue weighted by atomic mass is 35.5. The first-order valence-corrected chi connectivity index (χ1v) is 6.91. The molecule has 2 heteroatoms. The van der Waals surface area contributed by atoms with Crippen LogP contribution in [-0.2, 0) is 0 Å². The minimum absolute atomic E-state index is 0. The second-order valence-corrected chi connectivity index (χ2v) is 5.08. The third-order valence-electron chi connectivity index (χ3n) is 3.76. The predicted molar refractivity (Wildman–Crippen MR) is 88.8 cm³/mol. The van der Waals surface area contributed by atoms with Gasteiger partial charge in [0.25, 0.3) is 0 Å². The van der Waals surface area contributed by atoms with Crippen molar-refractivity contribution in [2.75, 3.05) is 13.6 Å². The van der Waals surface area contributed by atoms with Gasteiger partial charge in [0.05, 0.1) is 0 Å². The minimum atomic E-state index is 0. The highest BCUT2D eigenvalue weighted by molar-refractivity contribution is 5.90. The van der Waals surface area contributed by atoms with Gasteiger partial charge in [-0.25, -0.2) is 0 Å². The molecule has 1 aliphatic heterocycles. The van der Waals surface area contributed by atoms with Crippen molar-refractivity contribution in [2.45, 2.75) is 12.8 Å². The number of halogens is 1. The summed E-state index contributed by atoms with van der Waals surface area (Å²) in [6.07, 6.45) is 2.40. The minimum Gasteiger partial charge on any atom is -0.374 e. The van der Waals surface area contributed by atoms with Crippen molar-refractivity contribution in [3.63, 3.8) is 0 Å². The van der Waals surface area contributed by atoms with Crippen LogP contribution in [0.25, 0.3) is 11.3 Å². The summed E-state index contributed by atoms with van der Waals surface area (Å²) in [6, 6.07) is 21.5. The molecule has 0 atom stereocenters. The van der Waals surface area contributed by atoms with E-state index in [1.54, 1.807) is 0 Å². The molecule has 0 aromatic heterocycles. The zero-order valence-corrected chi connectivity index (χ0v) is 12.6. The Kier molecular flexibility index (Phi) is 4.86. The van der Waals surface area contributed by atoms with Gasteiger partial charge in [-0.2, -0.15) is 0 Å². The first-order chi connectivity index (χ1) is 9.36. The second kappa shape index (κ2) is 6.62. The van der Waals surface area contributed by atoms with E-state index in [9.17, 15) is 0 Å². The lowest BCUT2D eigenvalue weighted by Crippen LogP contribution is -2.23. The Morgan fingerprint density at radius 3 is 1.95 bits per heavy atom. The van der Waals surface area contributed by atoms with Gasteiger partial charge in [-0.3, -0.25) is 0 Å². The Labute approximate surface area is 127 Å². The molecular weight excluding hydrogens is 266 g/mol. The van der Waals surface area contributed by atoms with Crippen molar-refractivity contribution >= 4 is 23.7 Å². The van der Waals surface area contributed by atoms with Crippen molar-refractivity contribution in [2.24, 2.45) is 0 Å². The zero-order valence-electron chi connectivity index (χ0n) is 11.8. The average Bonchev–Trinajstić information content (AvgIpc) is 2.49. The van der Waals surface area contributed by atoms with Crippen LogP contribution in [0.3, 0.4) is 0 Å². The second-order valence-electron chi connectivity index (χ2n) is 5.08. The Morgan fingerprint density at radius 1 is 0.800 bits per heavy atom. The summed E-state index contributed by atoms with van der Waals surface area (Å²) in [7, 11) is 2.20. The third kappa shape index (κ3) is 2.88. The molecular formula is C18H20ClN. The monoisotopic (exact) mass is 285 g/mol. The van der Waals surface area contributed by atoms with Crippen molar-refractivity contribution in [1.29, 1.82) is 0 Å². The molecule has 0 amide bonds. The zero-order chi connectivity index (χ0) is 13.1. The van der Waals surface area contributed by atoms with Crippen molar-refractivity contribution in [3.8, 4) is 0 Å². The van der Waals surface area contributed by atoms with Gasteiger partial charge >= 0.3 is 0 Å². The maximum Gasteiger partial charge on any atom is 0.0475 e. The SMILES string of the molecule is CN1CCCC(c2ccccc2)=C1c1ccccc1.Cl. The topological polar surface area (TPSA) is 3.24 Å². The van der Waals surface area contributed by atoms with Crippen LogP contribution in [-0.4, -0.2) is 18.5 Å². The van der Waals surface area contributed by atoms with Crippen LogP contribution >= 0.6 is 12.4 Å². The standard InChI is InChI=1S/C18H19N.ClH/c1-19-14-8-13-17(15-9-4-2-5-10-15)18(19)16-11-6-3-7-12-16;/h2-7,9-12H,8,13-14H2,1H3;1H. The molecule has 1 nitrogen and oxygen atoms in total. The predicted octanol–water partition coefficient (Wildman–Crippen LogP) is 4.70. The lowest BCUT2D eigenvalue weighted by atomic mass is 9.92.